The molecule has 4 heteroatoms. The summed E-state index contributed by atoms with van der Waals surface area (Å²) in [7, 11) is 3.66. The molecule has 84 valence electrons. The molecule has 0 aliphatic carbocycles. The lowest BCUT2D eigenvalue weighted by Crippen LogP contribution is -2.21. The largest absolute Gasteiger partial charge is 0.357 e. The summed E-state index contributed by atoms with van der Waals surface area (Å²) in [5.41, 5.74) is 0.658. The maximum absolute atomic E-state index is 13.9. The van der Waals surface area contributed by atoms with Gasteiger partial charge in [0.1, 0.15) is 0 Å². The fourth-order valence-corrected chi connectivity index (χ4v) is 1.51. The highest BCUT2D eigenvalue weighted by atomic mass is 19.1. The van der Waals surface area contributed by atoms with Crippen molar-refractivity contribution in [3.05, 3.63) is 23.6 Å². The van der Waals surface area contributed by atoms with Gasteiger partial charge in [-0.1, -0.05) is 6.92 Å². The van der Waals surface area contributed by atoms with Crippen molar-refractivity contribution < 1.29 is 4.39 Å². The molecule has 0 aliphatic rings. The first-order valence-electron chi connectivity index (χ1n) is 5.19. The van der Waals surface area contributed by atoms with Crippen molar-refractivity contribution in [1.29, 1.82) is 0 Å². The Labute approximate surface area is 90.3 Å². The summed E-state index contributed by atoms with van der Waals surface area (Å²) in [6.45, 7) is 3.40. The summed E-state index contributed by atoms with van der Waals surface area (Å²) in [4.78, 5) is 5.90. The molecule has 3 nitrogen and oxygen atoms in total. The van der Waals surface area contributed by atoms with Gasteiger partial charge in [0.15, 0.2) is 11.6 Å². The van der Waals surface area contributed by atoms with Gasteiger partial charge in [-0.2, -0.15) is 0 Å². The molecule has 0 bridgehead atoms. The average Bonchev–Trinajstić information content (AvgIpc) is 2.22. The van der Waals surface area contributed by atoms with Crippen LogP contribution in [0.1, 0.15) is 18.9 Å². The van der Waals surface area contributed by atoms with Gasteiger partial charge in [0, 0.05) is 31.9 Å². The van der Waals surface area contributed by atoms with Gasteiger partial charge in [0.25, 0.3) is 0 Å². The van der Waals surface area contributed by atoms with Crippen molar-refractivity contribution in [2.24, 2.45) is 0 Å². The molecule has 0 unspecified atom stereocenters. The molecule has 0 atom stereocenters. The van der Waals surface area contributed by atoms with Crippen LogP contribution in [-0.2, 0) is 6.54 Å². The SMILES string of the molecule is CCCN(C)c1nccc(CNC)c1F. The summed E-state index contributed by atoms with van der Waals surface area (Å²) in [5, 5.41) is 2.94. The first kappa shape index (κ1) is 11.9. The van der Waals surface area contributed by atoms with Crippen molar-refractivity contribution in [3.8, 4) is 0 Å². The summed E-state index contributed by atoms with van der Waals surface area (Å²) in [6, 6.07) is 1.70. The molecule has 0 aromatic carbocycles. The van der Waals surface area contributed by atoms with Gasteiger partial charge in [-0.05, 0) is 19.5 Å². The number of rotatable bonds is 5. The van der Waals surface area contributed by atoms with E-state index in [1.165, 1.54) is 0 Å². The molecule has 0 fully saturated rings. The third-order valence-corrected chi connectivity index (χ3v) is 2.24. The highest BCUT2D eigenvalue weighted by Crippen LogP contribution is 2.18. The van der Waals surface area contributed by atoms with E-state index in [9.17, 15) is 4.39 Å². The van der Waals surface area contributed by atoms with Gasteiger partial charge in [-0.3, -0.25) is 0 Å². The third kappa shape index (κ3) is 2.89. The number of nitrogens with zero attached hydrogens (tertiary/aromatic N) is 2. The zero-order valence-corrected chi connectivity index (χ0v) is 9.55. The highest BCUT2D eigenvalue weighted by molar-refractivity contribution is 5.42. The second-order valence-electron chi connectivity index (χ2n) is 3.56. The second kappa shape index (κ2) is 5.66. The Morgan fingerprint density at radius 2 is 2.27 bits per heavy atom. The lowest BCUT2D eigenvalue weighted by atomic mass is 10.2. The minimum Gasteiger partial charge on any atom is -0.357 e. The van der Waals surface area contributed by atoms with Gasteiger partial charge in [-0.25, -0.2) is 9.37 Å². The molecule has 0 saturated carbocycles. The third-order valence-electron chi connectivity index (χ3n) is 2.24. The molecular weight excluding hydrogens is 193 g/mol. The summed E-state index contributed by atoms with van der Waals surface area (Å²) in [5.74, 6) is 0.215. The summed E-state index contributed by atoms with van der Waals surface area (Å²) < 4.78 is 13.9. The van der Waals surface area contributed by atoms with Crippen LogP contribution >= 0.6 is 0 Å². The smallest absolute Gasteiger partial charge is 0.170 e. The number of hydrogen-bond acceptors (Lipinski definition) is 3. The monoisotopic (exact) mass is 211 g/mol. The minimum atomic E-state index is -0.220. The Balaban J connectivity index is 2.92. The molecule has 1 aromatic rings. The van der Waals surface area contributed by atoms with Gasteiger partial charge in [0.2, 0.25) is 0 Å². The van der Waals surface area contributed by atoms with Crippen LogP contribution in [0.4, 0.5) is 10.2 Å². The lowest BCUT2D eigenvalue weighted by Gasteiger charge is -2.18. The predicted molar refractivity (Wildman–Crippen MR) is 60.5 cm³/mol. The van der Waals surface area contributed by atoms with Gasteiger partial charge >= 0.3 is 0 Å². The normalized spacial score (nSPS) is 10.4. The van der Waals surface area contributed by atoms with Crippen LogP contribution in [0.2, 0.25) is 0 Å². The van der Waals surface area contributed by atoms with E-state index in [0.717, 1.165) is 13.0 Å². The topological polar surface area (TPSA) is 28.2 Å². The Kier molecular flexibility index (Phi) is 4.49. The molecule has 1 heterocycles. The van der Waals surface area contributed by atoms with E-state index >= 15 is 0 Å². The van der Waals surface area contributed by atoms with Crippen molar-refractivity contribution >= 4 is 5.82 Å². The van der Waals surface area contributed by atoms with E-state index in [1.54, 1.807) is 19.3 Å². The zero-order valence-electron chi connectivity index (χ0n) is 9.55. The van der Waals surface area contributed by atoms with Crippen LogP contribution < -0.4 is 10.2 Å². The maximum atomic E-state index is 13.9. The van der Waals surface area contributed by atoms with Gasteiger partial charge in [-0.15, -0.1) is 0 Å². The first-order valence-corrected chi connectivity index (χ1v) is 5.19. The Morgan fingerprint density at radius 3 is 2.87 bits per heavy atom. The predicted octanol–water partition coefficient (Wildman–Crippen LogP) is 1.79. The van der Waals surface area contributed by atoms with Crippen LogP contribution in [0.3, 0.4) is 0 Å². The molecule has 0 amide bonds. The van der Waals surface area contributed by atoms with E-state index in [2.05, 4.69) is 17.2 Å². The second-order valence-corrected chi connectivity index (χ2v) is 3.56. The lowest BCUT2D eigenvalue weighted by molar-refractivity contribution is 0.589. The standard InChI is InChI=1S/C11H18FN3/c1-4-7-15(3)11-10(12)9(8-13-2)5-6-14-11/h5-6,13H,4,7-8H2,1-3H3. The molecule has 15 heavy (non-hydrogen) atoms. The molecular formula is C11H18FN3. The van der Waals surface area contributed by atoms with Crippen molar-refractivity contribution in [2.75, 3.05) is 25.5 Å². The highest BCUT2D eigenvalue weighted by Gasteiger charge is 2.11. The van der Waals surface area contributed by atoms with E-state index < -0.39 is 0 Å². The van der Waals surface area contributed by atoms with E-state index in [-0.39, 0.29) is 5.82 Å². The molecule has 0 saturated heterocycles. The number of aromatic nitrogens is 1. The average molecular weight is 211 g/mol. The quantitative estimate of drug-likeness (QED) is 0.804. The molecule has 1 N–H and O–H groups in total. The first-order chi connectivity index (χ1) is 7.20. The fraction of sp³-hybridized carbons (Fsp3) is 0.545. The number of hydrogen-bond donors (Lipinski definition) is 1. The molecule has 0 aliphatic heterocycles. The molecule has 1 rings (SSSR count). The Hall–Kier alpha value is -1.16. The minimum absolute atomic E-state index is 0.220. The molecule has 0 spiro atoms. The zero-order chi connectivity index (χ0) is 11.3. The number of anilines is 1. The van der Waals surface area contributed by atoms with E-state index in [4.69, 9.17) is 0 Å². The van der Waals surface area contributed by atoms with Gasteiger partial charge in [0.05, 0.1) is 0 Å². The number of halogens is 1. The van der Waals surface area contributed by atoms with Gasteiger partial charge < -0.3 is 10.2 Å². The molecule has 1 aromatic heterocycles. The van der Waals surface area contributed by atoms with Crippen LogP contribution in [0.25, 0.3) is 0 Å². The van der Waals surface area contributed by atoms with Crippen molar-refractivity contribution in [3.63, 3.8) is 0 Å². The van der Waals surface area contributed by atoms with Crippen LogP contribution in [0, 0.1) is 5.82 Å². The summed E-state index contributed by atoms with van der Waals surface area (Å²) in [6.07, 6.45) is 2.63. The number of nitrogens with one attached hydrogen (secondary N) is 1. The maximum Gasteiger partial charge on any atom is 0.170 e. The number of pyridine rings is 1. The van der Waals surface area contributed by atoms with Crippen molar-refractivity contribution in [2.45, 2.75) is 19.9 Å². The Morgan fingerprint density at radius 1 is 1.53 bits per heavy atom. The van der Waals surface area contributed by atoms with E-state index in [1.807, 2.05) is 11.9 Å². The van der Waals surface area contributed by atoms with Crippen molar-refractivity contribution in [1.82, 2.24) is 10.3 Å². The van der Waals surface area contributed by atoms with Crippen LogP contribution in [0.15, 0.2) is 12.3 Å². The van der Waals surface area contributed by atoms with Crippen LogP contribution in [0.5, 0.6) is 0 Å². The van der Waals surface area contributed by atoms with Crippen LogP contribution in [-0.4, -0.2) is 25.6 Å². The summed E-state index contributed by atoms with van der Waals surface area (Å²) >= 11 is 0. The fourth-order valence-electron chi connectivity index (χ4n) is 1.51. The van der Waals surface area contributed by atoms with E-state index in [0.29, 0.717) is 17.9 Å². The Bertz CT molecular complexity index is 315. The molecule has 0 radical (unpaired) electrons.